The summed E-state index contributed by atoms with van der Waals surface area (Å²) in [6.07, 6.45) is 0.932. The fraction of sp³-hybridized carbons (Fsp3) is 0.438. The van der Waals surface area contributed by atoms with Crippen LogP contribution in [0, 0.1) is 11.2 Å². The molecule has 0 aliphatic rings. The van der Waals surface area contributed by atoms with Gasteiger partial charge in [0.2, 0.25) is 17.6 Å². The van der Waals surface area contributed by atoms with Gasteiger partial charge in [0.25, 0.3) is 0 Å². The highest BCUT2D eigenvalue weighted by Crippen LogP contribution is 2.18. The zero-order valence-electron chi connectivity index (χ0n) is 13.0. The zero-order chi connectivity index (χ0) is 16.2. The zero-order valence-corrected chi connectivity index (χ0v) is 13.0. The van der Waals surface area contributed by atoms with E-state index in [1.54, 1.807) is 12.1 Å². The summed E-state index contributed by atoms with van der Waals surface area (Å²) in [5, 5.41) is 6.68. The number of nitrogens with one attached hydrogen (secondary N) is 1. The Hall–Kier alpha value is -2.24. The minimum absolute atomic E-state index is 0.00535. The first-order valence-electron chi connectivity index (χ1n) is 7.19. The van der Waals surface area contributed by atoms with Crippen LogP contribution in [0.25, 0.3) is 11.4 Å². The van der Waals surface area contributed by atoms with E-state index in [0.29, 0.717) is 36.7 Å². The second-order valence-corrected chi connectivity index (χ2v) is 6.36. The fourth-order valence-electron chi connectivity index (χ4n) is 1.93. The van der Waals surface area contributed by atoms with Gasteiger partial charge in [0.1, 0.15) is 5.82 Å². The van der Waals surface area contributed by atoms with Gasteiger partial charge in [-0.25, -0.2) is 4.39 Å². The van der Waals surface area contributed by atoms with E-state index in [-0.39, 0.29) is 17.1 Å². The third-order valence-corrected chi connectivity index (χ3v) is 2.92. The normalized spacial score (nSPS) is 11.5. The van der Waals surface area contributed by atoms with Gasteiger partial charge in [0.15, 0.2) is 0 Å². The lowest BCUT2D eigenvalue weighted by atomic mass is 9.92. The van der Waals surface area contributed by atoms with Crippen LogP contribution in [0.15, 0.2) is 28.8 Å². The van der Waals surface area contributed by atoms with E-state index in [1.807, 2.05) is 20.8 Å². The molecule has 1 N–H and O–H groups in total. The molecule has 22 heavy (non-hydrogen) atoms. The summed E-state index contributed by atoms with van der Waals surface area (Å²) >= 11 is 0. The number of hydrogen-bond acceptors (Lipinski definition) is 4. The predicted molar refractivity (Wildman–Crippen MR) is 80.5 cm³/mol. The number of halogens is 1. The lowest BCUT2D eigenvalue weighted by Crippen LogP contribution is -2.29. The van der Waals surface area contributed by atoms with E-state index in [0.717, 1.165) is 0 Å². The molecule has 0 fully saturated rings. The highest BCUT2D eigenvalue weighted by atomic mass is 19.1. The minimum Gasteiger partial charge on any atom is -0.356 e. The molecule has 0 unspecified atom stereocenters. The maximum absolute atomic E-state index is 12.9. The van der Waals surface area contributed by atoms with Gasteiger partial charge in [0.05, 0.1) is 0 Å². The lowest BCUT2D eigenvalue weighted by molar-refractivity contribution is -0.122. The first-order valence-corrected chi connectivity index (χ1v) is 7.19. The Bertz CT molecular complexity index is 630. The predicted octanol–water partition coefficient (Wildman–Crippen LogP) is 2.97. The van der Waals surface area contributed by atoms with Gasteiger partial charge in [-0.2, -0.15) is 4.98 Å². The van der Waals surface area contributed by atoms with Crippen molar-refractivity contribution in [2.75, 3.05) is 6.54 Å². The minimum atomic E-state index is -0.311. The quantitative estimate of drug-likeness (QED) is 0.922. The van der Waals surface area contributed by atoms with Crippen molar-refractivity contribution in [1.82, 2.24) is 15.5 Å². The Morgan fingerprint density at radius 3 is 2.59 bits per heavy atom. The number of aromatic nitrogens is 2. The van der Waals surface area contributed by atoms with E-state index >= 15 is 0 Å². The van der Waals surface area contributed by atoms with Crippen LogP contribution in [0.3, 0.4) is 0 Å². The van der Waals surface area contributed by atoms with Gasteiger partial charge >= 0.3 is 0 Å². The molecule has 5 nitrogen and oxygen atoms in total. The smallest absolute Gasteiger partial charge is 0.228 e. The number of carbonyl (C=O) groups excluding carboxylic acids is 1. The van der Waals surface area contributed by atoms with Crippen molar-refractivity contribution < 1.29 is 13.7 Å². The molecule has 0 bridgehead atoms. The largest absolute Gasteiger partial charge is 0.356 e. The lowest BCUT2D eigenvalue weighted by Gasteiger charge is -2.16. The van der Waals surface area contributed by atoms with Crippen LogP contribution in [0.4, 0.5) is 4.39 Å². The summed E-state index contributed by atoms with van der Waals surface area (Å²) in [5.41, 5.74) is 0.651. The summed E-state index contributed by atoms with van der Waals surface area (Å²) in [7, 11) is 0. The molecule has 0 radical (unpaired) electrons. The first-order chi connectivity index (χ1) is 10.3. The van der Waals surface area contributed by atoms with Crippen LogP contribution in [0.1, 0.15) is 33.1 Å². The van der Waals surface area contributed by atoms with Crippen molar-refractivity contribution in [3.05, 3.63) is 36.0 Å². The summed E-state index contributed by atoms with van der Waals surface area (Å²) in [6, 6.07) is 5.88. The summed E-state index contributed by atoms with van der Waals surface area (Å²) in [4.78, 5) is 15.9. The molecule has 2 aromatic rings. The Kier molecular flexibility index (Phi) is 4.90. The van der Waals surface area contributed by atoms with Crippen LogP contribution in [0.2, 0.25) is 0 Å². The standard InChI is InChI=1S/C16H20FN3O2/c1-16(2,3)10-13(21)18-9-8-14-19-15(20-22-14)11-4-6-12(17)7-5-11/h4-7H,8-10H2,1-3H3,(H,18,21). The van der Waals surface area contributed by atoms with Crippen molar-refractivity contribution in [3.8, 4) is 11.4 Å². The van der Waals surface area contributed by atoms with Gasteiger partial charge in [-0.05, 0) is 29.7 Å². The van der Waals surface area contributed by atoms with Crippen LogP contribution in [0.5, 0.6) is 0 Å². The number of rotatable bonds is 5. The summed E-state index contributed by atoms with van der Waals surface area (Å²) < 4.78 is 18.0. The van der Waals surface area contributed by atoms with E-state index in [1.165, 1.54) is 12.1 Å². The number of benzene rings is 1. The maximum atomic E-state index is 12.9. The molecule has 0 spiro atoms. The molecule has 6 heteroatoms. The Labute approximate surface area is 128 Å². The molecule has 118 valence electrons. The fourth-order valence-corrected chi connectivity index (χ4v) is 1.93. The van der Waals surface area contributed by atoms with Gasteiger partial charge in [-0.3, -0.25) is 4.79 Å². The third-order valence-electron chi connectivity index (χ3n) is 2.92. The molecule has 1 heterocycles. The molecule has 0 saturated heterocycles. The summed E-state index contributed by atoms with van der Waals surface area (Å²) in [6.45, 7) is 6.48. The third kappa shape index (κ3) is 4.95. The van der Waals surface area contributed by atoms with E-state index in [4.69, 9.17) is 4.52 Å². The molecular weight excluding hydrogens is 285 g/mol. The second kappa shape index (κ2) is 6.68. The van der Waals surface area contributed by atoms with E-state index < -0.39 is 0 Å². The van der Waals surface area contributed by atoms with Crippen molar-refractivity contribution >= 4 is 5.91 Å². The monoisotopic (exact) mass is 305 g/mol. The van der Waals surface area contributed by atoms with Gasteiger partial charge < -0.3 is 9.84 Å². The molecular formula is C16H20FN3O2. The van der Waals surface area contributed by atoms with Crippen molar-refractivity contribution in [2.45, 2.75) is 33.6 Å². The average Bonchev–Trinajstić information content (AvgIpc) is 2.86. The van der Waals surface area contributed by atoms with Crippen LogP contribution in [-0.4, -0.2) is 22.6 Å². The number of carbonyl (C=O) groups is 1. The number of nitrogens with zero attached hydrogens (tertiary/aromatic N) is 2. The average molecular weight is 305 g/mol. The molecule has 2 rings (SSSR count). The molecule has 1 aromatic heterocycles. The molecule has 0 saturated carbocycles. The van der Waals surface area contributed by atoms with Crippen molar-refractivity contribution in [1.29, 1.82) is 0 Å². The number of amides is 1. The van der Waals surface area contributed by atoms with Gasteiger partial charge in [-0.1, -0.05) is 25.9 Å². The maximum Gasteiger partial charge on any atom is 0.228 e. The Morgan fingerprint density at radius 2 is 1.95 bits per heavy atom. The number of hydrogen-bond donors (Lipinski definition) is 1. The van der Waals surface area contributed by atoms with E-state index in [9.17, 15) is 9.18 Å². The first kappa shape index (κ1) is 16.1. The van der Waals surface area contributed by atoms with Crippen LogP contribution < -0.4 is 5.32 Å². The molecule has 1 amide bonds. The Balaban J connectivity index is 1.85. The SMILES string of the molecule is CC(C)(C)CC(=O)NCCc1nc(-c2ccc(F)cc2)no1. The van der Waals surface area contributed by atoms with Gasteiger partial charge in [0, 0.05) is 24.9 Å². The molecule has 0 aliphatic heterocycles. The summed E-state index contributed by atoms with van der Waals surface area (Å²) in [5.74, 6) is 0.547. The van der Waals surface area contributed by atoms with Gasteiger partial charge in [-0.15, -0.1) is 0 Å². The highest BCUT2D eigenvalue weighted by Gasteiger charge is 2.16. The topological polar surface area (TPSA) is 68.0 Å². The molecule has 1 aromatic carbocycles. The van der Waals surface area contributed by atoms with Crippen molar-refractivity contribution in [3.63, 3.8) is 0 Å². The van der Waals surface area contributed by atoms with Crippen LogP contribution >= 0.6 is 0 Å². The molecule has 0 aliphatic carbocycles. The van der Waals surface area contributed by atoms with Crippen molar-refractivity contribution in [2.24, 2.45) is 5.41 Å². The van der Waals surface area contributed by atoms with Crippen LogP contribution in [-0.2, 0) is 11.2 Å². The second-order valence-electron chi connectivity index (χ2n) is 6.36. The highest BCUT2D eigenvalue weighted by molar-refractivity contribution is 5.76. The Morgan fingerprint density at radius 1 is 1.27 bits per heavy atom. The van der Waals surface area contributed by atoms with E-state index in [2.05, 4.69) is 15.5 Å². The molecule has 0 atom stereocenters.